The minimum Gasteiger partial charge on any atom is -0.497 e. The Morgan fingerprint density at radius 1 is 1.36 bits per heavy atom. The highest BCUT2D eigenvalue weighted by atomic mass is 32.1. The van der Waals surface area contributed by atoms with Gasteiger partial charge in [-0.1, -0.05) is 6.92 Å². The van der Waals surface area contributed by atoms with Crippen LogP contribution in [-0.2, 0) is 17.6 Å². The molecule has 2 unspecified atom stereocenters. The van der Waals surface area contributed by atoms with Crippen molar-refractivity contribution in [2.75, 3.05) is 12.4 Å². The van der Waals surface area contributed by atoms with Gasteiger partial charge in [-0.25, -0.2) is 4.98 Å². The van der Waals surface area contributed by atoms with Crippen LogP contribution in [0.4, 0.5) is 5.69 Å². The lowest BCUT2D eigenvalue weighted by Crippen LogP contribution is -2.32. The molecular formula is C21H23N3O3S. The minimum absolute atomic E-state index is 0.130. The van der Waals surface area contributed by atoms with Crippen LogP contribution in [0.5, 0.6) is 5.75 Å². The highest BCUT2D eigenvalue weighted by Gasteiger charge is 2.25. The topological polar surface area (TPSA) is 73.2 Å². The second-order valence-corrected chi connectivity index (χ2v) is 8.47. The van der Waals surface area contributed by atoms with Crippen molar-refractivity contribution < 1.29 is 9.53 Å². The molecule has 0 fully saturated rings. The van der Waals surface area contributed by atoms with Gasteiger partial charge in [0.25, 0.3) is 5.56 Å². The molecule has 0 saturated heterocycles. The van der Waals surface area contributed by atoms with E-state index in [9.17, 15) is 9.59 Å². The molecule has 0 aliphatic heterocycles. The van der Waals surface area contributed by atoms with Crippen LogP contribution in [0.2, 0.25) is 0 Å². The highest BCUT2D eigenvalue weighted by molar-refractivity contribution is 7.18. The quantitative estimate of drug-likeness (QED) is 0.727. The maximum atomic E-state index is 13.2. The lowest BCUT2D eigenvalue weighted by molar-refractivity contribution is -0.118. The summed E-state index contributed by atoms with van der Waals surface area (Å²) < 4.78 is 6.56. The average molecular weight is 398 g/mol. The number of amides is 1. The van der Waals surface area contributed by atoms with Gasteiger partial charge in [-0.3, -0.25) is 14.2 Å². The van der Waals surface area contributed by atoms with Crippen molar-refractivity contribution in [2.24, 2.45) is 5.92 Å². The summed E-state index contributed by atoms with van der Waals surface area (Å²) in [6, 6.07) is 6.43. The third kappa shape index (κ3) is 3.30. The average Bonchev–Trinajstić information content (AvgIpc) is 3.06. The molecule has 2 atom stereocenters. The summed E-state index contributed by atoms with van der Waals surface area (Å²) >= 11 is 1.62. The molecule has 1 N–H and O–H groups in total. The lowest BCUT2D eigenvalue weighted by Gasteiger charge is -2.18. The van der Waals surface area contributed by atoms with Crippen LogP contribution >= 0.6 is 11.3 Å². The Hall–Kier alpha value is -2.67. The molecule has 1 aliphatic carbocycles. The number of nitrogens with zero attached hydrogens (tertiary/aromatic N) is 2. The molecule has 0 spiro atoms. The van der Waals surface area contributed by atoms with E-state index in [-0.39, 0.29) is 11.5 Å². The standard InChI is InChI=1S/C21H23N3O3S/c1-12-4-9-16-17(10-12)28-20-18(16)21(26)24(11-22-20)13(2)19(25)23-14-5-7-15(27-3)8-6-14/h5-8,11-13H,4,9-10H2,1-3H3,(H,23,25). The van der Waals surface area contributed by atoms with Gasteiger partial charge < -0.3 is 10.1 Å². The molecule has 1 aliphatic rings. The number of carbonyl (C=O) groups excluding carboxylic acids is 1. The largest absolute Gasteiger partial charge is 0.497 e. The Bertz CT molecular complexity index is 1080. The first-order valence-corrected chi connectivity index (χ1v) is 10.3. The molecule has 0 saturated carbocycles. The van der Waals surface area contributed by atoms with E-state index in [0.29, 0.717) is 22.7 Å². The third-order valence-corrected chi connectivity index (χ3v) is 6.56. The Morgan fingerprint density at radius 3 is 2.82 bits per heavy atom. The van der Waals surface area contributed by atoms with Crippen molar-refractivity contribution >= 4 is 33.1 Å². The third-order valence-electron chi connectivity index (χ3n) is 5.40. The molecule has 4 rings (SSSR count). The maximum Gasteiger partial charge on any atom is 0.263 e. The number of rotatable bonds is 4. The number of benzene rings is 1. The smallest absolute Gasteiger partial charge is 0.263 e. The van der Waals surface area contributed by atoms with Gasteiger partial charge in [0.15, 0.2) is 0 Å². The molecule has 1 amide bonds. The van der Waals surface area contributed by atoms with E-state index in [1.54, 1.807) is 49.6 Å². The number of aromatic nitrogens is 2. The first-order chi connectivity index (χ1) is 13.5. The van der Waals surface area contributed by atoms with Gasteiger partial charge >= 0.3 is 0 Å². The van der Waals surface area contributed by atoms with Gasteiger partial charge in [0.2, 0.25) is 5.91 Å². The monoisotopic (exact) mass is 397 g/mol. The van der Waals surface area contributed by atoms with Crippen LogP contribution in [0.15, 0.2) is 35.4 Å². The number of methoxy groups -OCH3 is 1. The fourth-order valence-electron chi connectivity index (χ4n) is 3.67. The minimum atomic E-state index is -0.662. The van der Waals surface area contributed by atoms with Crippen molar-refractivity contribution in [2.45, 2.75) is 39.2 Å². The van der Waals surface area contributed by atoms with Crippen LogP contribution in [0.1, 0.15) is 36.8 Å². The second kappa shape index (κ2) is 7.39. The van der Waals surface area contributed by atoms with E-state index < -0.39 is 6.04 Å². The van der Waals surface area contributed by atoms with Crippen molar-refractivity contribution in [1.82, 2.24) is 9.55 Å². The number of aryl methyl sites for hydroxylation is 1. The van der Waals surface area contributed by atoms with E-state index in [4.69, 9.17) is 4.74 Å². The highest BCUT2D eigenvalue weighted by Crippen LogP contribution is 2.35. The molecular weight excluding hydrogens is 374 g/mol. The molecule has 0 radical (unpaired) electrons. The normalized spacial score (nSPS) is 17.2. The van der Waals surface area contributed by atoms with Crippen LogP contribution < -0.4 is 15.6 Å². The number of anilines is 1. The summed E-state index contributed by atoms with van der Waals surface area (Å²) in [6.07, 6.45) is 4.49. The zero-order valence-corrected chi connectivity index (χ0v) is 17.0. The van der Waals surface area contributed by atoms with Crippen LogP contribution in [-0.4, -0.2) is 22.6 Å². The number of nitrogens with one attached hydrogen (secondary N) is 1. The Kier molecular flexibility index (Phi) is 4.93. The number of ether oxygens (including phenoxy) is 1. The summed E-state index contributed by atoms with van der Waals surface area (Å²) in [7, 11) is 1.59. The van der Waals surface area contributed by atoms with Crippen LogP contribution in [0.25, 0.3) is 10.2 Å². The Morgan fingerprint density at radius 2 is 2.11 bits per heavy atom. The number of hydrogen-bond acceptors (Lipinski definition) is 5. The summed E-state index contributed by atoms with van der Waals surface area (Å²) in [6.45, 7) is 3.96. The summed E-state index contributed by atoms with van der Waals surface area (Å²) in [5.74, 6) is 1.09. The van der Waals surface area contributed by atoms with Crippen LogP contribution in [0, 0.1) is 5.92 Å². The van der Waals surface area contributed by atoms with Gasteiger partial charge in [-0.05, 0) is 61.9 Å². The van der Waals surface area contributed by atoms with E-state index in [1.165, 1.54) is 15.8 Å². The molecule has 3 aromatic rings. The van der Waals surface area contributed by atoms with Crippen molar-refractivity contribution in [3.63, 3.8) is 0 Å². The van der Waals surface area contributed by atoms with Crippen molar-refractivity contribution in [3.05, 3.63) is 51.4 Å². The second-order valence-electron chi connectivity index (χ2n) is 7.38. The predicted octanol–water partition coefficient (Wildman–Crippen LogP) is 3.79. The number of carbonyl (C=O) groups is 1. The van der Waals surface area contributed by atoms with Gasteiger partial charge in [0.05, 0.1) is 18.8 Å². The number of thiophene rings is 1. The van der Waals surface area contributed by atoms with Gasteiger partial charge in [0, 0.05) is 10.6 Å². The molecule has 2 aromatic heterocycles. The SMILES string of the molecule is COc1ccc(NC(=O)C(C)n2cnc3sc4c(c3c2=O)CCC(C)C4)cc1. The fourth-order valence-corrected chi connectivity index (χ4v) is 5.01. The Labute approximate surface area is 167 Å². The molecule has 6 nitrogen and oxygen atoms in total. The molecule has 7 heteroatoms. The molecule has 0 bridgehead atoms. The van der Waals surface area contributed by atoms with Crippen LogP contribution in [0.3, 0.4) is 0 Å². The first-order valence-electron chi connectivity index (χ1n) is 9.44. The lowest BCUT2D eigenvalue weighted by atomic mass is 9.89. The molecule has 146 valence electrons. The number of fused-ring (bicyclic) bond motifs is 3. The van der Waals surface area contributed by atoms with E-state index in [0.717, 1.165) is 29.7 Å². The summed E-state index contributed by atoms with van der Waals surface area (Å²) in [5.41, 5.74) is 1.66. The molecule has 2 heterocycles. The van der Waals surface area contributed by atoms with Gasteiger partial charge in [0.1, 0.15) is 16.6 Å². The van der Waals surface area contributed by atoms with Gasteiger partial charge in [-0.15, -0.1) is 11.3 Å². The zero-order chi connectivity index (χ0) is 19.8. The zero-order valence-electron chi connectivity index (χ0n) is 16.2. The summed E-state index contributed by atoms with van der Waals surface area (Å²) in [5, 5.41) is 3.54. The van der Waals surface area contributed by atoms with Gasteiger partial charge in [-0.2, -0.15) is 0 Å². The molecule has 1 aromatic carbocycles. The molecule has 28 heavy (non-hydrogen) atoms. The fraction of sp³-hybridized carbons (Fsp3) is 0.381. The van der Waals surface area contributed by atoms with Crippen molar-refractivity contribution in [3.8, 4) is 5.75 Å². The number of hydrogen-bond donors (Lipinski definition) is 1. The maximum absolute atomic E-state index is 13.2. The predicted molar refractivity (Wildman–Crippen MR) is 111 cm³/mol. The van der Waals surface area contributed by atoms with E-state index in [2.05, 4.69) is 17.2 Å². The Balaban J connectivity index is 1.63. The van der Waals surface area contributed by atoms with E-state index >= 15 is 0 Å². The van der Waals surface area contributed by atoms with E-state index in [1.807, 2.05) is 0 Å². The summed E-state index contributed by atoms with van der Waals surface area (Å²) in [4.78, 5) is 32.4. The first kappa shape index (κ1) is 18.7. The van der Waals surface area contributed by atoms with Crippen molar-refractivity contribution in [1.29, 1.82) is 0 Å².